The molecule has 0 saturated carbocycles. The Morgan fingerprint density at radius 2 is 1.94 bits per heavy atom. The standard InChI is InChI=1S/C13H19NO2/c1-9(10-4-6-14-7-5-10)12-8-11(15)2-3-13(12)16/h2-3,8-10,14-16H,4-7H2,1H3. The van der Waals surface area contributed by atoms with Crippen LogP contribution in [0.3, 0.4) is 0 Å². The molecule has 1 aromatic rings. The summed E-state index contributed by atoms with van der Waals surface area (Å²) in [5, 5.41) is 22.6. The summed E-state index contributed by atoms with van der Waals surface area (Å²) in [4.78, 5) is 0. The van der Waals surface area contributed by atoms with Gasteiger partial charge >= 0.3 is 0 Å². The average Bonchev–Trinajstić information content (AvgIpc) is 2.32. The Morgan fingerprint density at radius 3 is 2.62 bits per heavy atom. The molecule has 1 saturated heterocycles. The summed E-state index contributed by atoms with van der Waals surface area (Å²) in [7, 11) is 0. The molecular formula is C13H19NO2. The van der Waals surface area contributed by atoms with Crippen LogP contribution in [0.5, 0.6) is 11.5 Å². The number of hydrogen-bond donors (Lipinski definition) is 3. The molecule has 1 unspecified atom stereocenters. The van der Waals surface area contributed by atoms with Crippen molar-refractivity contribution in [1.82, 2.24) is 5.32 Å². The maximum Gasteiger partial charge on any atom is 0.119 e. The zero-order valence-electron chi connectivity index (χ0n) is 9.61. The van der Waals surface area contributed by atoms with E-state index in [1.54, 1.807) is 12.1 Å². The van der Waals surface area contributed by atoms with Crippen molar-refractivity contribution in [1.29, 1.82) is 0 Å². The third kappa shape index (κ3) is 2.30. The van der Waals surface area contributed by atoms with Gasteiger partial charge in [-0.15, -0.1) is 0 Å². The average molecular weight is 221 g/mol. The second-order valence-corrected chi connectivity index (χ2v) is 4.62. The van der Waals surface area contributed by atoms with E-state index in [1.165, 1.54) is 6.07 Å². The van der Waals surface area contributed by atoms with Gasteiger partial charge in [0.25, 0.3) is 0 Å². The van der Waals surface area contributed by atoms with Crippen molar-refractivity contribution in [2.75, 3.05) is 13.1 Å². The predicted molar refractivity (Wildman–Crippen MR) is 63.8 cm³/mol. The maximum absolute atomic E-state index is 9.81. The fourth-order valence-electron chi connectivity index (χ4n) is 2.50. The number of piperidine rings is 1. The minimum Gasteiger partial charge on any atom is -0.508 e. The summed E-state index contributed by atoms with van der Waals surface area (Å²) in [6.45, 7) is 4.23. The SMILES string of the molecule is CC(c1cc(O)ccc1O)C1CCNCC1. The van der Waals surface area contributed by atoms with E-state index in [0.29, 0.717) is 17.6 Å². The van der Waals surface area contributed by atoms with E-state index in [9.17, 15) is 10.2 Å². The van der Waals surface area contributed by atoms with Crippen LogP contribution in [0, 0.1) is 5.92 Å². The van der Waals surface area contributed by atoms with Crippen molar-refractivity contribution >= 4 is 0 Å². The molecule has 0 amide bonds. The summed E-state index contributed by atoms with van der Waals surface area (Å²) in [6, 6.07) is 4.78. The number of phenolic OH excluding ortho intramolecular Hbond substituents is 2. The van der Waals surface area contributed by atoms with Crippen LogP contribution in [0.1, 0.15) is 31.2 Å². The van der Waals surface area contributed by atoms with Crippen molar-refractivity contribution in [2.45, 2.75) is 25.7 Å². The number of rotatable bonds is 2. The topological polar surface area (TPSA) is 52.5 Å². The lowest BCUT2D eigenvalue weighted by molar-refractivity contribution is 0.323. The van der Waals surface area contributed by atoms with Crippen LogP contribution in [0.25, 0.3) is 0 Å². The van der Waals surface area contributed by atoms with Gasteiger partial charge in [-0.05, 0) is 56.0 Å². The molecule has 1 fully saturated rings. The van der Waals surface area contributed by atoms with Gasteiger partial charge in [-0.25, -0.2) is 0 Å². The number of hydrogen-bond acceptors (Lipinski definition) is 3. The summed E-state index contributed by atoms with van der Waals surface area (Å²) in [5.74, 6) is 1.42. The zero-order chi connectivity index (χ0) is 11.5. The molecule has 0 bridgehead atoms. The Labute approximate surface area is 96.1 Å². The van der Waals surface area contributed by atoms with E-state index in [1.807, 2.05) is 0 Å². The number of phenols is 2. The number of aromatic hydroxyl groups is 2. The largest absolute Gasteiger partial charge is 0.508 e. The lowest BCUT2D eigenvalue weighted by atomic mass is 9.81. The van der Waals surface area contributed by atoms with Crippen LogP contribution in [-0.4, -0.2) is 23.3 Å². The molecule has 0 aromatic heterocycles. The molecule has 1 heterocycles. The smallest absolute Gasteiger partial charge is 0.119 e. The Morgan fingerprint density at radius 1 is 1.25 bits per heavy atom. The van der Waals surface area contributed by atoms with Gasteiger partial charge in [0.2, 0.25) is 0 Å². The van der Waals surface area contributed by atoms with Crippen LogP contribution in [-0.2, 0) is 0 Å². The van der Waals surface area contributed by atoms with Gasteiger partial charge in [-0.3, -0.25) is 0 Å². The Kier molecular flexibility index (Phi) is 3.34. The molecule has 0 spiro atoms. The first-order valence-electron chi connectivity index (χ1n) is 5.91. The number of benzene rings is 1. The first kappa shape index (κ1) is 11.3. The van der Waals surface area contributed by atoms with E-state index in [-0.39, 0.29) is 5.75 Å². The highest BCUT2D eigenvalue weighted by Crippen LogP contribution is 2.36. The highest BCUT2D eigenvalue weighted by Gasteiger charge is 2.23. The van der Waals surface area contributed by atoms with Gasteiger partial charge in [0.15, 0.2) is 0 Å². The van der Waals surface area contributed by atoms with E-state index in [2.05, 4.69) is 12.2 Å². The van der Waals surface area contributed by atoms with Crippen molar-refractivity contribution in [3.8, 4) is 11.5 Å². The van der Waals surface area contributed by atoms with Gasteiger partial charge in [0, 0.05) is 5.56 Å². The first-order valence-corrected chi connectivity index (χ1v) is 5.91. The Balaban J connectivity index is 2.18. The first-order chi connectivity index (χ1) is 7.68. The molecule has 0 aliphatic carbocycles. The number of nitrogens with one attached hydrogen (secondary N) is 1. The molecule has 3 N–H and O–H groups in total. The molecule has 1 aliphatic heterocycles. The zero-order valence-corrected chi connectivity index (χ0v) is 9.61. The summed E-state index contributed by atoms with van der Waals surface area (Å²) in [6.07, 6.45) is 2.27. The van der Waals surface area contributed by atoms with Gasteiger partial charge in [0.1, 0.15) is 11.5 Å². The molecule has 0 radical (unpaired) electrons. The molecule has 2 rings (SSSR count). The molecule has 88 valence electrons. The van der Waals surface area contributed by atoms with Crippen LogP contribution in [0.15, 0.2) is 18.2 Å². The highest BCUT2D eigenvalue weighted by molar-refractivity contribution is 5.41. The molecular weight excluding hydrogens is 202 g/mol. The van der Waals surface area contributed by atoms with E-state index < -0.39 is 0 Å². The quantitative estimate of drug-likeness (QED) is 0.671. The van der Waals surface area contributed by atoms with Gasteiger partial charge < -0.3 is 15.5 Å². The third-order valence-corrected chi connectivity index (χ3v) is 3.59. The molecule has 1 aliphatic rings. The van der Waals surface area contributed by atoms with Gasteiger partial charge in [-0.1, -0.05) is 6.92 Å². The monoisotopic (exact) mass is 221 g/mol. The molecule has 1 atom stereocenters. The second kappa shape index (κ2) is 4.74. The highest BCUT2D eigenvalue weighted by atomic mass is 16.3. The predicted octanol–water partition coefficient (Wildman–Crippen LogP) is 2.20. The van der Waals surface area contributed by atoms with E-state index >= 15 is 0 Å². The van der Waals surface area contributed by atoms with Crippen LogP contribution >= 0.6 is 0 Å². The van der Waals surface area contributed by atoms with Crippen molar-refractivity contribution in [3.05, 3.63) is 23.8 Å². The van der Waals surface area contributed by atoms with Crippen LogP contribution in [0.4, 0.5) is 0 Å². The molecule has 3 nitrogen and oxygen atoms in total. The second-order valence-electron chi connectivity index (χ2n) is 4.62. The van der Waals surface area contributed by atoms with E-state index in [0.717, 1.165) is 31.5 Å². The molecule has 3 heteroatoms. The maximum atomic E-state index is 9.81. The third-order valence-electron chi connectivity index (χ3n) is 3.59. The normalized spacial score (nSPS) is 19.6. The van der Waals surface area contributed by atoms with Gasteiger partial charge in [0.05, 0.1) is 0 Å². The minimum absolute atomic E-state index is 0.230. The Hall–Kier alpha value is -1.22. The van der Waals surface area contributed by atoms with Crippen molar-refractivity contribution < 1.29 is 10.2 Å². The molecule has 16 heavy (non-hydrogen) atoms. The minimum atomic E-state index is 0.230. The lowest BCUT2D eigenvalue weighted by Crippen LogP contribution is -2.30. The fourth-order valence-corrected chi connectivity index (χ4v) is 2.50. The van der Waals surface area contributed by atoms with Crippen LogP contribution in [0.2, 0.25) is 0 Å². The fraction of sp³-hybridized carbons (Fsp3) is 0.538. The summed E-state index contributed by atoms with van der Waals surface area (Å²) < 4.78 is 0. The van der Waals surface area contributed by atoms with Gasteiger partial charge in [-0.2, -0.15) is 0 Å². The Bertz CT molecular complexity index is 359. The molecule has 1 aromatic carbocycles. The van der Waals surface area contributed by atoms with Crippen LogP contribution < -0.4 is 5.32 Å². The summed E-state index contributed by atoms with van der Waals surface area (Å²) in [5.41, 5.74) is 0.868. The summed E-state index contributed by atoms with van der Waals surface area (Å²) >= 11 is 0. The lowest BCUT2D eigenvalue weighted by Gasteiger charge is -2.28. The van der Waals surface area contributed by atoms with E-state index in [4.69, 9.17) is 0 Å². The van der Waals surface area contributed by atoms with Crippen molar-refractivity contribution in [2.24, 2.45) is 5.92 Å². The van der Waals surface area contributed by atoms with Crippen molar-refractivity contribution in [3.63, 3.8) is 0 Å².